The first-order valence-corrected chi connectivity index (χ1v) is 11.5. The number of hydrogen-bond donors (Lipinski definition) is 0. The maximum atomic E-state index is 13.2. The summed E-state index contributed by atoms with van der Waals surface area (Å²) in [6.45, 7) is 0.180. The van der Waals surface area contributed by atoms with Gasteiger partial charge in [0.2, 0.25) is 12.3 Å². The number of fused-ring (bicyclic) bond motifs is 1. The third-order valence-electron chi connectivity index (χ3n) is 6.19. The van der Waals surface area contributed by atoms with Gasteiger partial charge in [-0.15, -0.1) is 0 Å². The smallest absolute Gasteiger partial charge is 0.227 e. The number of ether oxygens (including phenoxy) is 5. The molecule has 7 nitrogen and oxygen atoms in total. The van der Waals surface area contributed by atoms with Gasteiger partial charge in [0.05, 0.1) is 47.4 Å². The second kappa shape index (κ2) is 12.5. The van der Waals surface area contributed by atoms with E-state index in [0.717, 1.165) is 22.0 Å². The number of rotatable bonds is 10. The summed E-state index contributed by atoms with van der Waals surface area (Å²) in [5, 5.41) is 1.95. The highest BCUT2D eigenvalue weighted by molar-refractivity contribution is 5.95. The number of carbonyl (C=O) groups is 1. The zero-order valence-corrected chi connectivity index (χ0v) is 23.1. The number of ketones is 1. The molecule has 3 aromatic carbocycles. The molecule has 0 saturated carbocycles. The van der Waals surface area contributed by atoms with Gasteiger partial charge in [0.25, 0.3) is 0 Å². The van der Waals surface area contributed by atoms with Gasteiger partial charge in [0, 0.05) is 11.6 Å². The number of pyridine rings is 1. The van der Waals surface area contributed by atoms with Gasteiger partial charge in [-0.3, -0.25) is 4.79 Å². The molecule has 0 aliphatic carbocycles. The summed E-state index contributed by atoms with van der Waals surface area (Å²) in [4.78, 5) is 13.2. The van der Waals surface area contributed by atoms with Crippen LogP contribution in [0.5, 0.6) is 28.7 Å². The summed E-state index contributed by atoms with van der Waals surface area (Å²) in [5.74, 6) is 3.28. The lowest BCUT2D eigenvalue weighted by atomic mass is 10.0. The van der Waals surface area contributed by atoms with E-state index in [0.29, 0.717) is 40.7 Å². The zero-order valence-electron chi connectivity index (χ0n) is 21.5. The molecular formula is C29H30BrNO6. The quantitative estimate of drug-likeness (QED) is 0.214. The molecule has 37 heavy (non-hydrogen) atoms. The van der Waals surface area contributed by atoms with E-state index in [-0.39, 0.29) is 29.3 Å². The summed E-state index contributed by atoms with van der Waals surface area (Å²) in [6.07, 6.45) is 2.49. The molecule has 0 amide bonds. The van der Waals surface area contributed by atoms with Gasteiger partial charge in [-0.25, -0.2) is 0 Å². The molecule has 0 unspecified atom stereocenters. The lowest BCUT2D eigenvalue weighted by Gasteiger charge is -2.13. The van der Waals surface area contributed by atoms with Crippen LogP contribution in [0.3, 0.4) is 0 Å². The molecule has 8 heteroatoms. The Morgan fingerprint density at radius 2 is 1.32 bits per heavy atom. The third-order valence-corrected chi connectivity index (χ3v) is 6.19. The van der Waals surface area contributed by atoms with E-state index in [2.05, 4.69) is 0 Å². The maximum absolute atomic E-state index is 13.2. The van der Waals surface area contributed by atoms with Crippen LogP contribution in [0.1, 0.15) is 21.6 Å². The predicted molar refractivity (Wildman–Crippen MR) is 137 cm³/mol. The topological polar surface area (TPSA) is 67.1 Å². The molecule has 0 N–H and O–H groups in total. The van der Waals surface area contributed by atoms with Crippen LogP contribution in [0.4, 0.5) is 0 Å². The van der Waals surface area contributed by atoms with Gasteiger partial charge in [0.15, 0.2) is 34.9 Å². The average Bonchev–Trinajstić information content (AvgIpc) is 2.93. The number of halogens is 1. The van der Waals surface area contributed by atoms with Gasteiger partial charge >= 0.3 is 0 Å². The molecular weight excluding hydrogens is 538 g/mol. The molecule has 0 aliphatic heterocycles. The van der Waals surface area contributed by atoms with Gasteiger partial charge in [-0.2, -0.15) is 4.57 Å². The van der Waals surface area contributed by atoms with E-state index in [1.54, 1.807) is 59.8 Å². The summed E-state index contributed by atoms with van der Waals surface area (Å²) < 4.78 is 29.2. The number of nitrogens with zero attached hydrogens (tertiary/aromatic N) is 1. The molecule has 0 bridgehead atoms. The highest BCUT2D eigenvalue weighted by atomic mass is 79.9. The second-order valence-electron chi connectivity index (χ2n) is 8.20. The first-order chi connectivity index (χ1) is 17.5. The van der Waals surface area contributed by atoms with Crippen molar-refractivity contribution in [2.24, 2.45) is 0 Å². The largest absolute Gasteiger partial charge is 1.00 e. The maximum Gasteiger partial charge on any atom is 0.227 e. The Bertz CT molecular complexity index is 1390. The van der Waals surface area contributed by atoms with Crippen LogP contribution in [0, 0.1) is 0 Å². The molecule has 0 atom stereocenters. The van der Waals surface area contributed by atoms with Crippen molar-refractivity contribution >= 4 is 16.6 Å². The van der Waals surface area contributed by atoms with Crippen LogP contribution >= 0.6 is 0 Å². The Hall–Kier alpha value is -3.78. The average molecular weight is 568 g/mol. The fourth-order valence-electron chi connectivity index (χ4n) is 4.25. The summed E-state index contributed by atoms with van der Waals surface area (Å²) in [6, 6.07) is 18.9. The lowest BCUT2D eigenvalue weighted by Crippen LogP contribution is -3.00. The first-order valence-electron chi connectivity index (χ1n) is 11.5. The molecule has 0 aliphatic rings. The predicted octanol–water partition coefficient (Wildman–Crippen LogP) is 1.65. The molecule has 4 rings (SSSR count). The Labute approximate surface area is 227 Å². The highest BCUT2D eigenvalue weighted by Gasteiger charge is 2.22. The minimum absolute atomic E-state index is 0. The van der Waals surface area contributed by atoms with Gasteiger partial charge < -0.3 is 40.7 Å². The number of aromatic nitrogens is 1. The van der Waals surface area contributed by atoms with Crippen LogP contribution in [0.2, 0.25) is 0 Å². The Morgan fingerprint density at radius 3 is 1.95 bits per heavy atom. The number of hydrogen-bond acceptors (Lipinski definition) is 6. The Morgan fingerprint density at radius 1 is 0.703 bits per heavy atom. The first kappa shape index (κ1) is 27.8. The zero-order chi connectivity index (χ0) is 25.7. The number of methoxy groups -OCH3 is 5. The molecule has 1 heterocycles. The van der Waals surface area contributed by atoms with E-state index in [1.807, 2.05) is 47.2 Å². The van der Waals surface area contributed by atoms with Gasteiger partial charge in [-0.05, 0) is 59.5 Å². The molecule has 0 radical (unpaired) electrons. The summed E-state index contributed by atoms with van der Waals surface area (Å²) in [5.41, 5.74) is 2.59. The molecule has 0 fully saturated rings. The van der Waals surface area contributed by atoms with Crippen LogP contribution in [0.25, 0.3) is 10.8 Å². The van der Waals surface area contributed by atoms with Crippen molar-refractivity contribution in [3.8, 4) is 28.7 Å². The van der Waals surface area contributed by atoms with E-state index in [9.17, 15) is 4.79 Å². The monoisotopic (exact) mass is 567 g/mol. The fourth-order valence-corrected chi connectivity index (χ4v) is 4.25. The number of Topliss-reactive ketones (excluding diaryl/α,β-unsaturated/α-hetero) is 1. The van der Waals surface area contributed by atoms with E-state index in [1.165, 1.54) is 0 Å². The van der Waals surface area contributed by atoms with Crippen LogP contribution < -0.4 is 45.2 Å². The highest BCUT2D eigenvalue weighted by Crippen LogP contribution is 2.34. The third kappa shape index (κ3) is 5.97. The van der Waals surface area contributed by atoms with Crippen LogP contribution in [0.15, 0.2) is 66.9 Å². The Balaban J connectivity index is 0.00000380. The van der Waals surface area contributed by atoms with E-state index in [4.69, 9.17) is 23.7 Å². The number of carbonyl (C=O) groups excluding carboxylic acids is 1. The Kier molecular flexibility index (Phi) is 9.36. The number of benzene rings is 3. The normalized spacial score (nSPS) is 10.4. The van der Waals surface area contributed by atoms with Crippen molar-refractivity contribution < 1.29 is 50.0 Å². The second-order valence-corrected chi connectivity index (χ2v) is 8.20. The van der Waals surface area contributed by atoms with Crippen molar-refractivity contribution in [1.29, 1.82) is 0 Å². The van der Waals surface area contributed by atoms with Crippen molar-refractivity contribution in [3.05, 3.63) is 83.7 Å². The van der Waals surface area contributed by atoms with Crippen LogP contribution in [-0.2, 0) is 13.0 Å². The van der Waals surface area contributed by atoms with E-state index >= 15 is 0 Å². The SMILES string of the molecule is COc1ccc(C(=O)C[n+]2ccc3cc(OC)c(OC)cc3c2Cc2ccc(OC)c(OC)c2)cc1.[Br-]. The fraction of sp³-hybridized carbons (Fsp3) is 0.241. The van der Waals surface area contributed by atoms with Crippen molar-refractivity contribution in [2.75, 3.05) is 35.5 Å². The van der Waals surface area contributed by atoms with Crippen LogP contribution in [-0.4, -0.2) is 41.3 Å². The standard InChI is InChI=1S/C29H30NO6.BrH/c1-32-22-9-7-20(8-10-22)25(31)18-30-13-12-21-16-28(35-4)29(36-5)17-23(21)24(30)14-19-6-11-26(33-2)27(15-19)34-3;/h6-13,15-17H,14,18H2,1-5H3;1H/q+1;/p-1. The molecule has 0 saturated heterocycles. The summed E-state index contributed by atoms with van der Waals surface area (Å²) in [7, 11) is 8.06. The van der Waals surface area contributed by atoms with Crippen molar-refractivity contribution in [2.45, 2.75) is 13.0 Å². The van der Waals surface area contributed by atoms with Crippen molar-refractivity contribution in [3.63, 3.8) is 0 Å². The van der Waals surface area contributed by atoms with Gasteiger partial charge in [-0.1, -0.05) is 6.07 Å². The molecule has 4 aromatic rings. The van der Waals surface area contributed by atoms with E-state index < -0.39 is 0 Å². The lowest BCUT2D eigenvalue weighted by molar-refractivity contribution is -0.688. The van der Waals surface area contributed by atoms with Gasteiger partial charge in [0.1, 0.15) is 5.75 Å². The summed E-state index contributed by atoms with van der Waals surface area (Å²) >= 11 is 0. The minimum atomic E-state index is -0.00367. The molecule has 1 aromatic heterocycles. The van der Waals surface area contributed by atoms with Crippen molar-refractivity contribution in [1.82, 2.24) is 0 Å². The minimum Gasteiger partial charge on any atom is -1.00 e. The molecule has 194 valence electrons. The molecule has 0 spiro atoms.